The summed E-state index contributed by atoms with van der Waals surface area (Å²) in [5, 5.41) is 9.51. The Hall–Kier alpha value is -1.14. The molecule has 0 unspecified atom stereocenters. The van der Waals surface area contributed by atoms with Gasteiger partial charge in [0.05, 0.1) is 25.0 Å². The molecule has 2 aliphatic heterocycles. The number of ether oxygens (including phenoxy) is 2. The van der Waals surface area contributed by atoms with Crippen molar-refractivity contribution in [3.8, 4) is 0 Å². The van der Waals surface area contributed by atoms with Gasteiger partial charge in [-0.05, 0) is 31.1 Å². The lowest BCUT2D eigenvalue weighted by atomic mass is 9.78. The minimum Gasteiger partial charge on any atom is -0.481 e. The number of hydrogen-bond donors (Lipinski definition) is 1. The van der Waals surface area contributed by atoms with Gasteiger partial charge in [0.1, 0.15) is 0 Å². The van der Waals surface area contributed by atoms with Crippen molar-refractivity contribution in [2.45, 2.75) is 37.9 Å². The molecule has 2 saturated heterocycles. The predicted molar refractivity (Wildman–Crippen MR) is 75.9 cm³/mol. The maximum absolute atomic E-state index is 12.9. The number of piperidine rings is 1. The number of carboxylic acid groups (broad SMARTS) is 1. The lowest BCUT2D eigenvalue weighted by Gasteiger charge is -2.40. The zero-order valence-electron chi connectivity index (χ0n) is 12.7. The highest BCUT2D eigenvalue weighted by molar-refractivity contribution is 5.86. The van der Waals surface area contributed by atoms with Crippen LogP contribution in [0.25, 0.3) is 0 Å². The van der Waals surface area contributed by atoms with E-state index in [0.717, 1.165) is 19.3 Å². The molecular weight excluding hydrogens is 286 g/mol. The van der Waals surface area contributed by atoms with Gasteiger partial charge in [0.25, 0.3) is 0 Å². The Balaban J connectivity index is 1.45. The Kier molecular flexibility index (Phi) is 3.42. The van der Waals surface area contributed by atoms with Crippen molar-refractivity contribution in [3.63, 3.8) is 0 Å². The van der Waals surface area contributed by atoms with E-state index in [1.807, 2.05) is 4.90 Å². The number of aliphatic carboxylic acids is 1. The van der Waals surface area contributed by atoms with Crippen LogP contribution >= 0.6 is 0 Å². The van der Waals surface area contributed by atoms with E-state index >= 15 is 0 Å². The lowest BCUT2D eigenvalue weighted by Crippen LogP contribution is -2.51. The zero-order valence-corrected chi connectivity index (χ0v) is 12.7. The van der Waals surface area contributed by atoms with Crippen molar-refractivity contribution in [3.05, 3.63) is 0 Å². The van der Waals surface area contributed by atoms with E-state index in [9.17, 15) is 14.7 Å². The summed E-state index contributed by atoms with van der Waals surface area (Å²) in [4.78, 5) is 26.3. The first-order valence-electron chi connectivity index (χ1n) is 8.39. The summed E-state index contributed by atoms with van der Waals surface area (Å²) in [6.45, 7) is 2.47. The molecule has 4 fully saturated rings. The molecule has 4 atom stereocenters. The van der Waals surface area contributed by atoms with Crippen LogP contribution in [0.3, 0.4) is 0 Å². The van der Waals surface area contributed by atoms with Crippen molar-refractivity contribution >= 4 is 11.9 Å². The van der Waals surface area contributed by atoms with Crippen LogP contribution in [-0.4, -0.2) is 54.0 Å². The SMILES string of the molecule is O=C(O)[C@@H]1[C@H]2CC[C@@H](C2)[C@H]1C(=O)N1CCC2(CC1)OCCO2. The highest BCUT2D eigenvalue weighted by Crippen LogP contribution is 2.53. The van der Waals surface area contributed by atoms with Crippen LogP contribution in [0, 0.1) is 23.7 Å². The zero-order chi connectivity index (χ0) is 15.3. The van der Waals surface area contributed by atoms with Gasteiger partial charge >= 0.3 is 5.97 Å². The maximum atomic E-state index is 12.9. The molecule has 4 rings (SSSR count). The summed E-state index contributed by atoms with van der Waals surface area (Å²) in [7, 11) is 0. The Labute approximate surface area is 129 Å². The van der Waals surface area contributed by atoms with Crippen molar-refractivity contribution in [1.29, 1.82) is 0 Å². The quantitative estimate of drug-likeness (QED) is 0.826. The number of carboxylic acids is 1. The molecule has 22 heavy (non-hydrogen) atoms. The highest BCUT2D eigenvalue weighted by Gasteiger charge is 2.55. The van der Waals surface area contributed by atoms with Crippen molar-refractivity contribution < 1.29 is 24.2 Å². The Bertz CT molecular complexity index is 477. The third-order valence-electron chi connectivity index (χ3n) is 6.14. The van der Waals surface area contributed by atoms with Crippen LogP contribution in [0.1, 0.15) is 32.1 Å². The number of carbonyl (C=O) groups excluding carboxylic acids is 1. The van der Waals surface area contributed by atoms with Gasteiger partial charge in [-0.1, -0.05) is 0 Å². The molecule has 122 valence electrons. The molecule has 6 heteroatoms. The second kappa shape index (κ2) is 5.20. The number of nitrogens with zero attached hydrogens (tertiary/aromatic N) is 1. The van der Waals surface area contributed by atoms with Crippen LogP contribution < -0.4 is 0 Å². The molecule has 2 aliphatic carbocycles. The number of fused-ring (bicyclic) bond motifs is 2. The minimum atomic E-state index is -0.790. The first-order chi connectivity index (χ1) is 10.6. The molecule has 1 amide bonds. The Morgan fingerprint density at radius 2 is 1.59 bits per heavy atom. The van der Waals surface area contributed by atoms with E-state index in [1.54, 1.807) is 0 Å². The second-order valence-corrected chi connectivity index (χ2v) is 7.16. The molecule has 1 N–H and O–H groups in total. The van der Waals surface area contributed by atoms with Crippen LogP contribution in [0.15, 0.2) is 0 Å². The molecule has 0 aromatic rings. The number of carbonyl (C=O) groups is 2. The molecule has 2 saturated carbocycles. The van der Waals surface area contributed by atoms with Gasteiger partial charge in [0, 0.05) is 25.9 Å². The van der Waals surface area contributed by atoms with Gasteiger partial charge < -0.3 is 19.5 Å². The van der Waals surface area contributed by atoms with Crippen molar-refractivity contribution in [2.75, 3.05) is 26.3 Å². The Morgan fingerprint density at radius 1 is 1.00 bits per heavy atom. The van der Waals surface area contributed by atoms with Gasteiger partial charge in [-0.3, -0.25) is 9.59 Å². The van der Waals surface area contributed by atoms with E-state index in [-0.39, 0.29) is 23.7 Å². The van der Waals surface area contributed by atoms with Gasteiger partial charge in [0.15, 0.2) is 5.79 Å². The number of likely N-dealkylation sites (tertiary alicyclic amines) is 1. The van der Waals surface area contributed by atoms with Gasteiger partial charge in [-0.15, -0.1) is 0 Å². The number of hydrogen-bond acceptors (Lipinski definition) is 4. The number of rotatable bonds is 2. The first kappa shape index (κ1) is 14.5. The normalized spacial score (nSPS) is 39.5. The molecule has 0 aromatic heterocycles. The maximum Gasteiger partial charge on any atom is 0.307 e. The summed E-state index contributed by atoms with van der Waals surface area (Å²) in [5.74, 6) is -1.54. The van der Waals surface area contributed by atoms with E-state index in [1.165, 1.54) is 0 Å². The smallest absolute Gasteiger partial charge is 0.307 e. The second-order valence-electron chi connectivity index (χ2n) is 7.16. The van der Waals surface area contributed by atoms with E-state index in [0.29, 0.717) is 39.1 Å². The third-order valence-corrected chi connectivity index (χ3v) is 6.14. The average Bonchev–Trinajstić information content (AvgIpc) is 3.22. The molecule has 0 aromatic carbocycles. The van der Waals surface area contributed by atoms with Crippen LogP contribution in [0.5, 0.6) is 0 Å². The van der Waals surface area contributed by atoms with Crippen molar-refractivity contribution in [2.24, 2.45) is 23.7 Å². The van der Waals surface area contributed by atoms with Crippen LogP contribution in [-0.2, 0) is 19.1 Å². The lowest BCUT2D eigenvalue weighted by molar-refractivity contribution is -0.189. The summed E-state index contributed by atoms with van der Waals surface area (Å²) < 4.78 is 11.4. The number of amides is 1. The van der Waals surface area contributed by atoms with Gasteiger partial charge in [-0.2, -0.15) is 0 Å². The topological polar surface area (TPSA) is 76.1 Å². The largest absolute Gasteiger partial charge is 0.481 e. The standard InChI is InChI=1S/C16H23NO5/c18-14(12-10-1-2-11(9-10)13(12)15(19)20)17-5-3-16(4-6-17)21-7-8-22-16/h10-13H,1-9H2,(H,19,20)/t10-,11-,12+,13+/m0/s1. The fourth-order valence-corrected chi connectivity index (χ4v) is 5.07. The monoisotopic (exact) mass is 309 g/mol. The summed E-state index contributed by atoms with van der Waals surface area (Å²) >= 11 is 0. The molecule has 1 spiro atoms. The summed E-state index contributed by atoms with van der Waals surface area (Å²) in [6.07, 6.45) is 4.27. The van der Waals surface area contributed by atoms with Crippen LogP contribution in [0.2, 0.25) is 0 Å². The van der Waals surface area contributed by atoms with Crippen molar-refractivity contribution in [1.82, 2.24) is 4.90 Å². The van der Waals surface area contributed by atoms with E-state index in [2.05, 4.69) is 0 Å². The molecule has 4 aliphatic rings. The minimum absolute atomic E-state index is 0.0486. The molecular formula is C16H23NO5. The van der Waals surface area contributed by atoms with E-state index < -0.39 is 17.7 Å². The predicted octanol–water partition coefficient (Wildman–Crippen LogP) is 1.10. The van der Waals surface area contributed by atoms with Crippen LogP contribution in [0.4, 0.5) is 0 Å². The molecule has 2 heterocycles. The highest BCUT2D eigenvalue weighted by atomic mass is 16.7. The molecule has 2 bridgehead atoms. The fraction of sp³-hybridized carbons (Fsp3) is 0.875. The summed E-state index contributed by atoms with van der Waals surface area (Å²) in [6, 6.07) is 0. The van der Waals surface area contributed by atoms with E-state index in [4.69, 9.17) is 9.47 Å². The fourth-order valence-electron chi connectivity index (χ4n) is 5.07. The average molecular weight is 309 g/mol. The molecule has 6 nitrogen and oxygen atoms in total. The Morgan fingerprint density at radius 3 is 2.18 bits per heavy atom. The summed E-state index contributed by atoms with van der Waals surface area (Å²) in [5.41, 5.74) is 0. The third kappa shape index (κ3) is 2.15. The van der Waals surface area contributed by atoms with Gasteiger partial charge in [0.2, 0.25) is 5.91 Å². The molecule has 0 radical (unpaired) electrons. The first-order valence-corrected chi connectivity index (χ1v) is 8.39. The van der Waals surface area contributed by atoms with Gasteiger partial charge in [-0.25, -0.2) is 0 Å².